The molecule has 0 aromatic carbocycles. The lowest BCUT2D eigenvalue weighted by molar-refractivity contribution is -0.190. The molecule has 1 aliphatic rings. The predicted octanol–water partition coefficient (Wildman–Crippen LogP) is 1.12. The normalized spacial score (nSPS) is 25.5. The predicted molar refractivity (Wildman–Crippen MR) is 62.6 cm³/mol. The minimum absolute atomic E-state index is 0.449. The topological polar surface area (TPSA) is 66.8 Å². The number of carbonyl (C=O) groups excluding carboxylic acids is 1. The number of likely N-dealkylation sites (N-methyl/N-ethyl adjacent to an activating group) is 1. The zero-order valence-corrected chi connectivity index (χ0v) is 11.1. The van der Waals surface area contributed by atoms with Crippen LogP contribution in [-0.4, -0.2) is 46.7 Å². The number of nitrogens with zero attached hydrogens (tertiary/aromatic N) is 1. The first kappa shape index (κ1) is 14.0. The first-order chi connectivity index (χ1) is 7.62. The second kappa shape index (κ2) is 4.29. The maximum atomic E-state index is 12.0. The van der Waals surface area contributed by atoms with Crippen LogP contribution in [-0.2, 0) is 14.3 Å². The Labute approximate surface area is 102 Å². The number of morpholine rings is 1. The smallest absolute Gasteiger partial charge is 0.325 e. The molecule has 0 aromatic rings. The monoisotopic (exact) mass is 243 g/mol. The first-order valence-electron chi connectivity index (χ1n) is 5.82. The summed E-state index contributed by atoms with van der Waals surface area (Å²) >= 11 is 0. The van der Waals surface area contributed by atoms with Crippen LogP contribution in [0.25, 0.3) is 0 Å². The molecule has 0 amide bonds. The number of rotatable bonds is 3. The second-order valence-corrected chi connectivity index (χ2v) is 5.67. The number of cyclic esters (lactones) is 1. The number of esters is 1. The van der Waals surface area contributed by atoms with Crippen molar-refractivity contribution in [3.63, 3.8) is 0 Å². The molecule has 0 spiro atoms. The number of aliphatic carboxylic acids is 1. The van der Waals surface area contributed by atoms with Gasteiger partial charge in [-0.15, -0.1) is 0 Å². The Morgan fingerprint density at radius 1 is 1.59 bits per heavy atom. The Balaban J connectivity index is 3.06. The third-order valence-corrected chi connectivity index (χ3v) is 3.19. The third-order valence-electron chi connectivity index (χ3n) is 3.19. The summed E-state index contributed by atoms with van der Waals surface area (Å²) < 4.78 is 5.31. The summed E-state index contributed by atoms with van der Waals surface area (Å²) in [5.74, 6) is -1.44. The van der Waals surface area contributed by atoms with E-state index in [4.69, 9.17) is 4.74 Å². The van der Waals surface area contributed by atoms with Gasteiger partial charge in [-0.05, 0) is 34.2 Å². The van der Waals surface area contributed by atoms with Gasteiger partial charge in [-0.3, -0.25) is 14.5 Å². The number of ether oxygens (including phenoxy) is 1. The van der Waals surface area contributed by atoms with Crippen LogP contribution < -0.4 is 0 Å². The van der Waals surface area contributed by atoms with Gasteiger partial charge in [-0.25, -0.2) is 0 Å². The van der Waals surface area contributed by atoms with Gasteiger partial charge in [0.05, 0.1) is 5.41 Å². The molecule has 17 heavy (non-hydrogen) atoms. The van der Waals surface area contributed by atoms with Crippen LogP contribution in [0, 0.1) is 5.41 Å². The Kier molecular flexibility index (Phi) is 3.52. The highest BCUT2D eigenvalue weighted by molar-refractivity contribution is 5.87. The molecule has 0 aliphatic carbocycles. The van der Waals surface area contributed by atoms with Crippen molar-refractivity contribution < 1.29 is 19.4 Å². The van der Waals surface area contributed by atoms with Gasteiger partial charge in [-0.2, -0.15) is 0 Å². The van der Waals surface area contributed by atoms with Crippen molar-refractivity contribution in [3.05, 3.63) is 0 Å². The summed E-state index contributed by atoms with van der Waals surface area (Å²) in [6, 6.07) is -0.724. The Hall–Kier alpha value is -1.10. The van der Waals surface area contributed by atoms with Gasteiger partial charge in [0.15, 0.2) is 0 Å². The quantitative estimate of drug-likeness (QED) is 0.752. The molecule has 0 radical (unpaired) electrons. The van der Waals surface area contributed by atoms with E-state index in [1.54, 1.807) is 13.8 Å². The molecule has 1 fully saturated rings. The van der Waals surface area contributed by atoms with Crippen LogP contribution in [0.2, 0.25) is 0 Å². The number of carbonyl (C=O) groups is 2. The summed E-state index contributed by atoms with van der Waals surface area (Å²) in [5, 5.41) is 9.22. The van der Waals surface area contributed by atoms with Gasteiger partial charge in [0, 0.05) is 6.54 Å². The average Bonchev–Trinajstić information content (AvgIpc) is 2.13. The molecule has 1 unspecified atom stereocenters. The molecular weight excluding hydrogens is 222 g/mol. The fourth-order valence-corrected chi connectivity index (χ4v) is 2.25. The Morgan fingerprint density at radius 2 is 2.12 bits per heavy atom. The van der Waals surface area contributed by atoms with E-state index in [0.29, 0.717) is 13.1 Å². The van der Waals surface area contributed by atoms with Crippen LogP contribution in [0.1, 0.15) is 34.6 Å². The van der Waals surface area contributed by atoms with Crippen molar-refractivity contribution in [2.45, 2.75) is 46.3 Å². The SMILES string of the molecule is CCN1CC(C)(C)OC(=O)C1C(C)(C)C(=O)O. The second-order valence-electron chi connectivity index (χ2n) is 5.67. The summed E-state index contributed by atoms with van der Waals surface area (Å²) in [5.41, 5.74) is -1.71. The van der Waals surface area contributed by atoms with E-state index in [1.165, 1.54) is 0 Å². The fraction of sp³-hybridized carbons (Fsp3) is 0.833. The van der Waals surface area contributed by atoms with Gasteiger partial charge in [0.2, 0.25) is 0 Å². The number of hydrogen-bond acceptors (Lipinski definition) is 4. The lowest BCUT2D eigenvalue weighted by Gasteiger charge is -2.46. The van der Waals surface area contributed by atoms with E-state index in [0.717, 1.165) is 0 Å². The zero-order valence-electron chi connectivity index (χ0n) is 11.1. The van der Waals surface area contributed by atoms with Crippen molar-refractivity contribution >= 4 is 11.9 Å². The molecule has 0 saturated carbocycles. The van der Waals surface area contributed by atoms with Gasteiger partial charge in [0.25, 0.3) is 0 Å². The van der Waals surface area contributed by atoms with Gasteiger partial charge < -0.3 is 9.84 Å². The lowest BCUT2D eigenvalue weighted by atomic mass is 9.81. The molecule has 0 bridgehead atoms. The fourth-order valence-electron chi connectivity index (χ4n) is 2.25. The van der Waals surface area contributed by atoms with E-state index < -0.39 is 29.0 Å². The van der Waals surface area contributed by atoms with Crippen LogP contribution in [0.15, 0.2) is 0 Å². The number of hydrogen-bond donors (Lipinski definition) is 1. The highest BCUT2D eigenvalue weighted by atomic mass is 16.6. The first-order valence-corrected chi connectivity index (χ1v) is 5.82. The van der Waals surface area contributed by atoms with Crippen molar-refractivity contribution in [2.24, 2.45) is 5.41 Å². The zero-order chi connectivity index (χ0) is 13.4. The van der Waals surface area contributed by atoms with E-state index in [-0.39, 0.29) is 0 Å². The van der Waals surface area contributed by atoms with Gasteiger partial charge >= 0.3 is 11.9 Å². The maximum absolute atomic E-state index is 12.0. The highest BCUT2D eigenvalue weighted by Crippen LogP contribution is 2.32. The van der Waals surface area contributed by atoms with Crippen molar-refractivity contribution in [3.8, 4) is 0 Å². The number of carboxylic acids is 1. The van der Waals surface area contributed by atoms with E-state index >= 15 is 0 Å². The van der Waals surface area contributed by atoms with E-state index in [2.05, 4.69) is 0 Å². The molecule has 1 rings (SSSR count). The Morgan fingerprint density at radius 3 is 2.53 bits per heavy atom. The standard InChI is InChI=1S/C12H21NO4/c1-6-13-7-11(2,3)17-9(14)8(13)12(4,5)10(15)16/h8H,6-7H2,1-5H3,(H,15,16). The molecule has 0 aromatic heterocycles. The van der Waals surface area contributed by atoms with Crippen molar-refractivity contribution in [1.29, 1.82) is 0 Å². The van der Waals surface area contributed by atoms with E-state index in [1.807, 2.05) is 25.7 Å². The van der Waals surface area contributed by atoms with Crippen molar-refractivity contribution in [2.75, 3.05) is 13.1 Å². The Bertz CT molecular complexity index is 335. The summed E-state index contributed by atoms with van der Waals surface area (Å²) in [4.78, 5) is 25.1. The molecule has 98 valence electrons. The third kappa shape index (κ3) is 2.60. The number of carboxylic acid groups (broad SMARTS) is 1. The molecule has 5 nitrogen and oxygen atoms in total. The van der Waals surface area contributed by atoms with Crippen LogP contribution in [0.3, 0.4) is 0 Å². The molecule has 1 N–H and O–H groups in total. The molecule has 1 heterocycles. The average molecular weight is 243 g/mol. The highest BCUT2D eigenvalue weighted by Gasteiger charge is 2.50. The summed E-state index contributed by atoms with van der Waals surface area (Å²) in [7, 11) is 0. The minimum atomic E-state index is -1.15. The van der Waals surface area contributed by atoms with Gasteiger partial charge in [-0.1, -0.05) is 6.92 Å². The van der Waals surface area contributed by atoms with E-state index in [9.17, 15) is 14.7 Å². The molecule has 1 atom stereocenters. The van der Waals surface area contributed by atoms with Crippen LogP contribution >= 0.6 is 0 Å². The maximum Gasteiger partial charge on any atom is 0.325 e. The van der Waals surface area contributed by atoms with Crippen LogP contribution in [0.5, 0.6) is 0 Å². The van der Waals surface area contributed by atoms with Crippen LogP contribution in [0.4, 0.5) is 0 Å². The summed E-state index contributed by atoms with van der Waals surface area (Å²) in [6.45, 7) is 9.87. The lowest BCUT2D eigenvalue weighted by Crippen LogP contribution is -2.62. The summed E-state index contributed by atoms with van der Waals surface area (Å²) in [6.07, 6.45) is 0. The minimum Gasteiger partial charge on any atom is -0.481 e. The molecule has 1 saturated heterocycles. The largest absolute Gasteiger partial charge is 0.481 e. The molecule has 5 heteroatoms. The molecular formula is C12H21NO4. The van der Waals surface area contributed by atoms with Crippen molar-refractivity contribution in [1.82, 2.24) is 4.90 Å². The van der Waals surface area contributed by atoms with Gasteiger partial charge in [0.1, 0.15) is 11.6 Å². The molecule has 1 aliphatic heterocycles.